The Kier molecular flexibility index (Phi) is 4.03. The molecule has 0 saturated heterocycles. The lowest BCUT2D eigenvalue weighted by Gasteiger charge is -2.01. The first-order valence-electron chi connectivity index (χ1n) is 5.51. The van der Waals surface area contributed by atoms with Crippen LogP contribution in [0.25, 0.3) is 0 Å². The van der Waals surface area contributed by atoms with E-state index in [0.717, 1.165) is 24.3 Å². The van der Waals surface area contributed by atoms with Gasteiger partial charge in [0.2, 0.25) is 5.89 Å². The number of rotatable bonds is 5. The van der Waals surface area contributed by atoms with E-state index in [4.69, 9.17) is 10.2 Å². The van der Waals surface area contributed by atoms with Crippen molar-refractivity contribution in [2.45, 2.75) is 25.0 Å². The zero-order valence-electron chi connectivity index (χ0n) is 9.72. The van der Waals surface area contributed by atoms with Crippen molar-refractivity contribution in [1.29, 1.82) is 0 Å². The van der Waals surface area contributed by atoms with E-state index < -0.39 is 0 Å². The molecule has 0 saturated carbocycles. The molecule has 0 bridgehead atoms. The molecule has 1 aromatic heterocycles. The van der Waals surface area contributed by atoms with E-state index in [0.29, 0.717) is 11.1 Å². The molecule has 5 heteroatoms. The first-order chi connectivity index (χ1) is 8.24. The minimum Gasteiger partial charge on any atom is -0.416 e. The predicted octanol–water partition coefficient (Wildman–Crippen LogP) is 2.69. The summed E-state index contributed by atoms with van der Waals surface area (Å²) in [7, 11) is 0. The normalized spacial score (nSPS) is 10.6. The standard InChI is InChI=1S/C12H15N3OS/c1-9-14-15-12(16-9)17-7-3-5-10-4-2-6-11(13)8-10/h2,4,6,8H,3,5,7,13H2,1H3. The van der Waals surface area contributed by atoms with Crippen LogP contribution in [0.2, 0.25) is 0 Å². The molecule has 0 aliphatic rings. The van der Waals surface area contributed by atoms with Gasteiger partial charge in [-0.3, -0.25) is 0 Å². The maximum absolute atomic E-state index is 5.72. The van der Waals surface area contributed by atoms with Gasteiger partial charge in [0, 0.05) is 18.4 Å². The van der Waals surface area contributed by atoms with Gasteiger partial charge in [-0.05, 0) is 30.5 Å². The van der Waals surface area contributed by atoms with Gasteiger partial charge in [-0.2, -0.15) is 0 Å². The quantitative estimate of drug-likeness (QED) is 0.501. The van der Waals surface area contributed by atoms with Crippen LogP contribution in [-0.2, 0) is 6.42 Å². The molecule has 2 N–H and O–H groups in total. The number of aryl methyl sites for hydroxylation is 2. The first kappa shape index (κ1) is 12.0. The highest BCUT2D eigenvalue weighted by atomic mass is 32.2. The van der Waals surface area contributed by atoms with E-state index in [1.165, 1.54) is 5.56 Å². The molecule has 0 aliphatic carbocycles. The van der Waals surface area contributed by atoms with Crippen LogP contribution in [0.15, 0.2) is 33.9 Å². The zero-order chi connectivity index (χ0) is 12.1. The highest BCUT2D eigenvalue weighted by Crippen LogP contribution is 2.18. The molecule has 90 valence electrons. The lowest BCUT2D eigenvalue weighted by atomic mass is 10.1. The van der Waals surface area contributed by atoms with Crippen molar-refractivity contribution >= 4 is 17.4 Å². The highest BCUT2D eigenvalue weighted by molar-refractivity contribution is 7.99. The smallest absolute Gasteiger partial charge is 0.276 e. The van der Waals surface area contributed by atoms with Crippen molar-refractivity contribution in [3.63, 3.8) is 0 Å². The summed E-state index contributed by atoms with van der Waals surface area (Å²) in [5, 5.41) is 8.36. The molecular formula is C12H15N3OS. The Bertz CT molecular complexity index is 484. The fourth-order valence-electron chi connectivity index (χ4n) is 1.52. The summed E-state index contributed by atoms with van der Waals surface area (Å²) >= 11 is 1.59. The number of thioether (sulfide) groups is 1. The Labute approximate surface area is 105 Å². The second-order valence-corrected chi connectivity index (χ2v) is 4.83. The molecule has 0 fully saturated rings. The van der Waals surface area contributed by atoms with Gasteiger partial charge in [0.05, 0.1) is 0 Å². The summed E-state index contributed by atoms with van der Waals surface area (Å²) in [4.78, 5) is 0. The van der Waals surface area contributed by atoms with Gasteiger partial charge in [-0.15, -0.1) is 10.2 Å². The molecule has 17 heavy (non-hydrogen) atoms. The third-order valence-electron chi connectivity index (χ3n) is 2.29. The average molecular weight is 249 g/mol. The molecule has 0 aliphatic heterocycles. The van der Waals surface area contributed by atoms with E-state index in [1.807, 2.05) is 18.2 Å². The molecule has 4 nitrogen and oxygen atoms in total. The van der Waals surface area contributed by atoms with Crippen LogP contribution in [0.5, 0.6) is 0 Å². The van der Waals surface area contributed by atoms with Gasteiger partial charge in [0.15, 0.2) is 0 Å². The number of anilines is 1. The molecule has 0 spiro atoms. The van der Waals surface area contributed by atoms with Gasteiger partial charge in [-0.25, -0.2) is 0 Å². The van der Waals surface area contributed by atoms with E-state index in [-0.39, 0.29) is 0 Å². The van der Waals surface area contributed by atoms with Crippen molar-refractivity contribution in [1.82, 2.24) is 10.2 Å². The molecule has 0 amide bonds. The largest absolute Gasteiger partial charge is 0.416 e. The van der Waals surface area contributed by atoms with Crippen LogP contribution in [0.1, 0.15) is 17.9 Å². The molecule has 1 heterocycles. The van der Waals surface area contributed by atoms with Gasteiger partial charge >= 0.3 is 0 Å². The van der Waals surface area contributed by atoms with Crippen molar-refractivity contribution in [2.24, 2.45) is 0 Å². The van der Waals surface area contributed by atoms with Gasteiger partial charge < -0.3 is 10.2 Å². The summed E-state index contributed by atoms with van der Waals surface area (Å²) < 4.78 is 5.28. The Morgan fingerprint density at radius 2 is 2.24 bits per heavy atom. The monoisotopic (exact) mass is 249 g/mol. The van der Waals surface area contributed by atoms with Crippen molar-refractivity contribution in [3.8, 4) is 0 Å². The summed E-state index contributed by atoms with van der Waals surface area (Å²) in [6.07, 6.45) is 2.08. The Balaban J connectivity index is 1.73. The fraction of sp³-hybridized carbons (Fsp3) is 0.333. The highest BCUT2D eigenvalue weighted by Gasteiger charge is 2.02. The summed E-state index contributed by atoms with van der Waals surface area (Å²) in [5.74, 6) is 1.58. The van der Waals surface area contributed by atoms with Crippen molar-refractivity contribution in [2.75, 3.05) is 11.5 Å². The minimum absolute atomic E-state index is 0.614. The van der Waals surface area contributed by atoms with Gasteiger partial charge in [-0.1, -0.05) is 23.9 Å². The number of benzene rings is 1. The number of nitrogens with zero attached hydrogens (tertiary/aromatic N) is 2. The molecule has 0 radical (unpaired) electrons. The number of hydrogen-bond acceptors (Lipinski definition) is 5. The number of nitrogens with two attached hydrogens (primary N) is 1. The van der Waals surface area contributed by atoms with Gasteiger partial charge in [0.25, 0.3) is 5.22 Å². The minimum atomic E-state index is 0.614. The third kappa shape index (κ3) is 3.78. The van der Waals surface area contributed by atoms with E-state index in [2.05, 4.69) is 16.3 Å². The Morgan fingerprint density at radius 3 is 2.94 bits per heavy atom. The number of aromatic nitrogens is 2. The van der Waals surface area contributed by atoms with Crippen LogP contribution in [-0.4, -0.2) is 16.0 Å². The van der Waals surface area contributed by atoms with Crippen LogP contribution in [0, 0.1) is 6.92 Å². The molecule has 0 atom stereocenters. The van der Waals surface area contributed by atoms with Crippen LogP contribution in [0.3, 0.4) is 0 Å². The second-order valence-electron chi connectivity index (χ2n) is 3.78. The Hall–Kier alpha value is -1.49. The summed E-state index contributed by atoms with van der Waals surface area (Å²) in [6.45, 7) is 1.80. The van der Waals surface area contributed by atoms with E-state index in [1.54, 1.807) is 18.7 Å². The summed E-state index contributed by atoms with van der Waals surface area (Å²) in [5.41, 5.74) is 7.81. The number of hydrogen-bond donors (Lipinski definition) is 1. The lowest BCUT2D eigenvalue weighted by Crippen LogP contribution is -1.90. The molecule has 0 unspecified atom stereocenters. The predicted molar refractivity (Wildman–Crippen MR) is 68.9 cm³/mol. The fourth-order valence-corrected chi connectivity index (χ4v) is 2.26. The first-order valence-corrected chi connectivity index (χ1v) is 6.50. The molecule has 1 aromatic carbocycles. The van der Waals surface area contributed by atoms with E-state index >= 15 is 0 Å². The number of nitrogen functional groups attached to an aromatic ring is 1. The lowest BCUT2D eigenvalue weighted by molar-refractivity contribution is 0.429. The third-order valence-corrected chi connectivity index (χ3v) is 3.20. The van der Waals surface area contributed by atoms with Crippen LogP contribution in [0.4, 0.5) is 5.69 Å². The second kappa shape index (κ2) is 5.72. The van der Waals surface area contributed by atoms with Crippen LogP contribution < -0.4 is 5.73 Å². The van der Waals surface area contributed by atoms with Gasteiger partial charge in [0.1, 0.15) is 0 Å². The zero-order valence-corrected chi connectivity index (χ0v) is 10.5. The maximum Gasteiger partial charge on any atom is 0.276 e. The topological polar surface area (TPSA) is 64.9 Å². The summed E-state index contributed by atoms with van der Waals surface area (Å²) in [6, 6.07) is 8.00. The average Bonchev–Trinajstić information content (AvgIpc) is 2.71. The van der Waals surface area contributed by atoms with Crippen LogP contribution >= 0.6 is 11.8 Å². The maximum atomic E-state index is 5.72. The van der Waals surface area contributed by atoms with Crippen molar-refractivity contribution in [3.05, 3.63) is 35.7 Å². The van der Waals surface area contributed by atoms with E-state index in [9.17, 15) is 0 Å². The molecular weight excluding hydrogens is 234 g/mol. The Morgan fingerprint density at radius 1 is 1.35 bits per heavy atom. The SMILES string of the molecule is Cc1nnc(SCCCc2cccc(N)c2)o1. The molecule has 2 aromatic rings. The molecule has 2 rings (SSSR count). The van der Waals surface area contributed by atoms with Crippen molar-refractivity contribution < 1.29 is 4.42 Å².